The van der Waals surface area contributed by atoms with Crippen molar-refractivity contribution < 1.29 is 14.6 Å². The van der Waals surface area contributed by atoms with Crippen molar-refractivity contribution in [2.24, 2.45) is 0 Å². The second kappa shape index (κ2) is 7.29. The number of nitrogens with zero attached hydrogens (tertiary/aromatic N) is 1. The highest BCUT2D eigenvalue weighted by Crippen LogP contribution is 2.34. The van der Waals surface area contributed by atoms with Crippen LogP contribution in [-0.2, 0) is 4.74 Å². The van der Waals surface area contributed by atoms with E-state index in [1.54, 1.807) is 0 Å². The highest BCUT2D eigenvalue weighted by molar-refractivity contribution is 9.10. The van der Waals surface area contributed by atoms with Crippen molar-refractivity contribution in [2.45, 2.75) is 37.8 Å². The number of benzene rings is 1. The highest BCUT2D eigenvalue weighted by Gasteiger charge is 2.40. The lowest BCUT2D eigenvalue weighted by Gasteiger charge is -2.41. The maximum atomic E-state index is 12.3. The molecule has 1 heterocycles. The maximum absolute atomic E-state index is 12.3. The molecule has 0 radical (unpaired) electrons. The Hall–Kier alpha value is -1.31. The minimum absolute atomic E-state index is 0.271. The number of nitrogens with one attached hydrogen (secondary N) is 2. The van der Waals surface area contributed by atoms with E-state index >= 15 is 0 Å². The minimum atomic E-state index is -0.760. The van der Waals surface area contributed by atoms with E-state index in [1.165, 1.54) is 0 Å². The van der Waals surface area contributed by atoms with Gasteiger partial charge in [0.15, 0.2) is 0 Å². The summed E-state index contributed by atoms with van der Waals surface area (Å²) in [5, 5.41) is 16.0. The SMILES string of the molecule is CC(NC(=O)Nc1cc(N2CCOCC2)ccc1Br)C1(O)CCC1. The van der Waals surface area contributed by atoms with Gasteiger partial charge in [-0.1, -0.05) is 0 Å². The van der Waals surface area contributed by atoms with Gasteiger partial charge >= 0.3 is 6.03 Å². The van der Waals surface area contributed by atoms with E-state index in [2.05, 4.69) is 31.5 Å². The molecule has 0 aromatic heterocycles. The fourth-order valence-electron chi connectivity index (χ4n) is 3.09. The number of carbonyl (C=O) groups is 1. The molecule has 24 heavy (non-hydrogen) atoms. The van der Waals surface area contributed by atoms with Crippen molar-refractivity contribution in [3.8, 4) is 0 Å². The number of morpholine rings is 1. The van der Waals surface area contributed by atoms with Gasteiger partial charge < -0.3 is 25.4 Å². The van der Waals surface area contributed by atoms with Gasteiger partial charge in [-0.25, -0.2) is 4.79 Å². The molecule has 2 aliphatic rings. The molecule has 1 unspecified atom stereocenters. The summed E-state index contributed by atoms with van der Waals surface area (Å²) in [4.78, 5) is 14.5. The summed E-state index contributed by atoms with van der Waals surface area (Å²) in [7, 11) is 0. The summed E-state index contributed by atoms with van der Waals surface area (Å²) in [6.07, 6.45) is 2.49. The Kier molecular flexibility index (Phi) is 5.32. The minimum Gasteiger partial charge on any atom is -0.388 e. The molecule has 0 spiro atoms. The summed E-state index contributed by atoms with van der Waals surface area (Å²) in [5.74, 6) is 0. The van der Waals surface area contributed by atoms with Gasteiger partial charge in [-0.2, -0.15) is 0 Å². The molecule has 1 aromatic rings. The monoisotopic (exact) mass is 397 g/mol. The van der Waals surface area contributed by atoms with Crippen molar-refractivity contribution in [1.82, 2.24) is 5.32 Å². The van der Waals surface area contributed by atoms with E-state index in [9.17, 15) is 9.90 Å². The third-order valence-electron chi connectivity index (χ3n) is 4.95. The number of aliphatic hydroxyl groups is 1. The molecule has 7 heteroatoms. The molecule has 6 nitrogen and oxygen atoms in total. The molecule has 3 N–H and O–H groups in total. The smallest absolute Gasteiger partial charge is 0.319 e. The van der Waals surface area contributed by atoms with E-state index in [0.717, 1.165) is 55.7 Å². The zero-order valence-electron chi connectivity index (χ0n) is 13.8. The number of hydrogen-bond acceptors (Lipinski definition) is 4. The molecule has 1 aliphatic carbocycles. The third kappa shape index (κ3) is 3.84. The first kappa shape index (κ1) is 17.5. The number of hydrogen-bond donors (Lipinski definition) is 3. The molecule has 1 aliphatic heterocycles. The number of carbonyl (C=O) groups excluding carboxylic acids is 1. The average molecular weight is 398 g/mol. The fourth-order valence-corrected chi connectivity index (χ4v) is 3.43. The van der Waals surface area contributed by atoms with Crippen LogP contribution in [-0.4, -0.2) is 49.1 Å². The normalized spacial score (nSPS) is 20.9. The van der Waals surface area contributed by atoms with Gasteiger partial charge in [0, 0.05) is 23.2 Å². The average Bonchev–Trinajstić information content (AvgIpc) is 2.55. The molecular formula is C17H24BrN3O3. The number of amides is 2. The molecule has 2 amide bonds. The Morgan fingerprint density at radius 3 is 2.71 bits per heavy atom. The maximum Gasteiger partial charge on any atom is 0.319 e. The van der Waals surface area contributed by atoms with Gasteiger partial charge in [-0.15, -0.1) is 0 Å². The number of halogens is 1. The number of anilines is 2. The third-order valence-corrected chi connectivity index (χ3v) is 5.64. The van der Waals surface area contributed by atoms with E-state index in [4.69, 9.17) is 4.74 Å². The quantitative estimate of drug-likeness (QED) is 0.729. The Morgan fingerprint density at radius 2 is 2.08 bits per heavy atom. The summed E-state index contributed by atoms with van der Waals surface area (Å²) in [6, 6.07) is 5.34. The molecule has 0 bridgehead atoms. The van der Waals surface area contributed by atoms with Crippen LogP contribution in [0.5, 0.6) is 0 Å². The topological polar surface area (TPSA) is 73.8 Å². The predicted octanol–water partition coefficient (Wildman–Crippen LogP) is 2.71. The zero-order chi connectivity index (χ0) is 17.2. The van der Waals surface area contributed by atoms with Crippen molar-refractivity contribution >= 4 is 33.3 Å². The lowest BCUT2D eigenvalue weighted by Crippen LogP contribution is -2.55. The van der Waals surface area contributed by atoms with Crippen molar-refractivity contribution in [3.63, 3.8) is 0 Å². The first-order chi connectivity index (χ1) is 11.5. The Morgan fingerprint density at radius 1 is 1.38 bits per heavy atom. The van der Waals surface area contributed by atoms with Crippen LogP contribution in [0, 0.1) is 0 Å². The number of ether oxygens (including phenoxy) is 1. The van der Waals surface area contributed by atoms with Crippen LogP contribution in [0.15, 0.2) is 22.7 Å². The molecular weight excluding hydrogens is 374 g/mol. The Balaban J connectivity index is 1.64. The van der Waals surface area contributed by atoms with Crippen LogP contribution in [0.4, 0.5) is 16.2 Å². The van der Waals surface area contributed by atoms with Crippen LogP contribution in [0.25, 0.3) is 0 Å². The van der Waals surface area contributed by atoms with E-state index < -0.39 is 5.60 Å². The predicted molar refractivity (Wildman–Crippen MR) is 97.6 cm³/mol. The first-order valence-electron chi connectivity index (χ1n) is 8.40. The number of urea groups is 1. The summed E-state index contributed by atoms with van der Waals surface area (Å²) in [5.41, 5.74) is 1.01. The Bertz CT molecular complexity index is 601. The molecule has 1 atom stereocenters. The van der Waals surface area contributed by atoms with Crippen molar-refractivity contribution in [2.75, 3.05) is 36.5 Å². The fraction of sp³-hybridized carbons (Fsp3) is 0.588. The second-order valence-corrected chi connectivity index (χ2v) is 7.40. The highest BCUT2D eigenvalue weighted by atomic mass is 79.9. The first-order valence-corrected chi connectivity index (χ1v) is 9.19. The lowest BCUT2D eigenvalue weighted by atomic mass is 9.75. The lowest BCUT2D eigenvalue weighted by molar-refractivity contribution is -0.0564. The van der Waals surface area contributed by atoms with Gasteiger partial charge in [-0.3, -0.25) is 0 Å². The van der Waals surface area contributed by atoms with Gasteiger partial charge in [0.05, 0.1) is 30.5 Å². The molecule has 3 rings (SSSR count). The molecule has 132 valence electrons. The van der Waals surface area contributed by atoms with Crippen LogP contribution >= 0.6 is 15.9 Å². The molecule has 1 saturated heterocycles. The van der Waals surface area contributed by atoms with E-state index in [0.29, 0.717) is 5.69 Å². The molecule has 2 fully saturated rings. The largest absolute Gasteiger partial charge is 0.388 e. The summed E-state index contributed by atoms with van der Waals surface area (Å²) in [6.45, 7) is 4.97. The molecule has 1 aromatic carbocycles. The standard InChI is InChI=1S/C17H24BrN3O3/c1-12(17(23)5-2-6-17)19-16(22)20-15-11-13(3-4-14(15)18)21-7-9-24-10-8-21/h3-4,11-12,23H,2,5-10H2,1H3,(H2,19,20,22). The van der Waals surface area contributed by atoms with Crippen molar-refractivity contribution in [1.29, 1.82) is 0 Å². The molecule has 1 saturated carbocycles. The summed E-state index contributed by atoms with van der Waals surface area (Å²) < 4.78 is 6.20. The van der Waals surface area contributed by atoms with Crippen LogP contribution in [0.1, 0.15) is 26.2 Å². The van der Waals surface area contributed by atoms with Gasteiger partial charge in [0.1, 0.15) is 0 Å². The van der Waals surface area contributed by atoms with Crippen LogP contribution in [0.3, 0.4) is 0 Å². The zero-order valence-corrected chi connectivity index (χ0v) is 15.4. The van der Waals surface area contributed by atoms with Gasteiger partial charge in [-0.05, 0) is 60.3 Å². The van der Waals surface area contributed by atoms with Gasteiger partial charge in [0.25, 0.3) is 0 Å². The van der Waals surface area contributed by atoms with E-state index in [-0.39, 0.29) is 12.1 Å². The summed E-state index contributed by atoms with van der Waals surface area (Å²) >= 11 is 3.48. The van der Waals surface area contributed by atoms with Crippen molar-refractivity contribution in [3.05, 3.63) is 22.7 Å². The van der Waals surface area contributed by atoms with Crippen LogP contribution in [0.2, 0.25) is 0 Å². The van der Waals surface area contributed by atoms with E-state index in [1.807, 2.05) is 25.1 Å². The van der Waals surface area contributed by atoms with Crippen LogP contribution < -0.4 is 15.5 Å². The second-order valence-electron chi connectivity index (χ2n) is 6.54. The van der Waals surface area contributed by atoms with Gasteiger partial charge in [0.2, 0.25) is 0 Å². The Labute approximate surface area is 150 Å². The number of rotatable bonds is 4.